The lowest BCUT2D eigenvalue weighted by atomic mass is 10.2. The third-order valence-electron chi connectivity index (χ3n) is 3.86. The third kappa shape index (κ3) is 6.87. The number of hydrogen-bond acceptors (Lipinski definition) is 3. The van der Waals surface area contributed by atoms with E-state index in [1.54, 1.807) is 0 Å². The van der Waals surface area contributed by atoms with Gasteiger partial charge in [-0.3, -0.25) is 9.98 Å². The van der Waals surface area contributed by atoms with Crippen LogP contribution in [0.25, 0.3) is 0 Å². The molecule has 1 unspecified atom stereocenters. The second-order valence-corrected chi connectivity index (χ2v) is 7.05. The Bertz CT molecular complexity index is 478. The first kappa shape index (κ1) is 20.5. The molecule has 2 heterocycles. The van der Waals surface area contributed by atoms with Crippen molar-refractivity contribution in [3.8, 4) is 0 Å². The van der Waals surface area contributed by atoms with Crippen molar-refractivity contribution in [1.82, 2.24) is 15.2 Å². The summed E-state index contributed by atoms with van der Waals surface area (Å²) in [6.07, 6.45) is 4.14. The van der Waals surface area contributed by atoms with E-state index >= 15 is 0 Å². The van der Waals surface area contributed by atoms with Gasteiger partial charge < -0.3 is 10.2 Å². The highest BCUT2D eigenvalue weighted by atomic mass is 127. The summed E-state index contributed by atoms with van der Waals surface area (Å²) in [5.74, 6) is 2.27. The van der Waals surface area contributed by atoms with Crippen molar-refractivity contribution < 1.29 is 0 Å². The van der Waals surface area contributed by atoms with Crippen molar-refractivity contribution >= 4 is 41.7 Å². The van der Waals surface area contributed by atoms with E-state index in [1.165, 1.54) is 17.7 Å². The van der Waals surface area contributed by atoms with Crippen molar-refractivity contribution in [3.63, 3.8) is 0 Å². The van der Waals surface area contributed by atoms with Crippen molar-refractivity contribution in [2.24, 2.45) is 4.99 Å². The topological polar surface area (TPSA) is 40.5 Å². The maximum atomic E-state index is 4.82. The number of nitrogens with one attached hydrogen (secondary N) is 1. The van der Waals surface area contributed by atoms with Crippen molar-refractivity contribution in [1.29, 1.82) is 0 Å². The molecule has 0 bridgehead atoms. The summed E-state index contributed by atoms with van der Waals surface area (Å²) in [4.78, 5) is 11.6. The zero-order valence-corrected chi connectivity index (χ0v) is 17.6. The van der Waals surface area contributed by atoms with Crippen LogP contribution in [-0.2, 0) is 6.42 Å². The summed E-state index contributed by atoms with van der Waals surface area (Å²) >= 11 is 2.09. The minimum Gasteiger partial charge on any atom is -0.357 e. The Kier molecular flexibility index (Phi) is 9.94. The molecular weight excluding hydrogens is 419 g/mol. The van der Waals surface area contributed by atoms with Crippen LogP contribution < -0.4 is 5.32 Å². The first-order valence-electron chi connectivity index (χ1n) is 8.29. The first-order chi connectivity index (χ1) is 10.7. The van der Waals surface area contributed by atoms with Crippen LogP contribution in [0.2, 0.25) is 0 Å². The number of hydrogen-bond donors (Lipinski definition) is 1. The van der Waals surface area contributed by atoms with Gasteiger partial charge in [0.2, 0.25) is 0 Å². The van der Waals surface area contributed by atoms with Gasteiger partial charge in [-0.1, -0.05) is 13.0 Å². The molecule has 23 heavy (non-hydrogen) atoms. The van der Waals surface area contributed by atoms with Crippen LogP contribution in [0.3, 0.4) is 0 Å². The van der Waals surface area contributed by atoms with E-state index in [9.17, 15) is 0 Å². The molecule has 1 fully saturated rings. The Labute approximate surface area is 161 Å². The largest absolute Gasteiger partial charge is 0.357 e. The SMILES string of the molecule is CCNC(=NCCc1ccc(C)nc1)N1CCSC(CC)C1.I. The molecule has 130 valence electrons. The molecule has 1 aromatic heterocycles. The number of aryl methyl sites for hydroxylation is 1. The van der Waals surface area contributed by atoms with Crippen LogP contribution >= 0.6 is 35.7 Å². The van der Waals surface area contributed by atoms with Crippen LogP contribution in [0.5, 0.6) is 0 Å². The lowest BCUT2D eigenvalue weighted by molar-refractivity contribution is 0.408. The molecule has 1 saturated heterocycles. The average Bonchev–Trinajstić information content (AvgIpc) is 2.56. The summed E-state index contributed by atoms with van der Waals surface area (Å²) in [6, 6.07) is 4.22. The minimum absolute atomic E-state index is 0. The van der Waals surface area contributed by atoms with E-state index < -0.39 is 0 Å². The minimum atomic E-state index is 0. The predicted molar refractivity (Wildman–Crippen MR) is 112 cm³/mol. The number of aromatic nitrogens is 1. The number of aliphatic imine (C=N–C) groups is 1. The highest BCUT2D eigenvalue weighted by molar-refractivity contribution is 14.0. The number of thioether (sulfide) groups is 1. The van der Waals surface area contributed by atoms with Gasteiger partial charge in [-0.2, -0.15) is 11.8 Å². The van der Waals surface area contributed by atoms with Crippen LogP contribution in [-0.4, -0.2) is 53.0 Å². The fourth-order valence-corrected chi connectivity index (χ4v) is 3.70. The molecule has 1 aliphatic rings. The fraction of sp³-hybridized carbons (Fsp3) is 0.647. The maximum Gasteiger partial charge on any atom is 0.193 e. The molecule has 1 aliphatic heterocycles. The van der Waals surface area contributed by atoms with E-state index in [1.807, 2.05) is 13.1 Å². The number of halogens is 1. The molecule has 1 N–H and O–H groups in total. The van der Waals surface area contributed by atoms with Gasteiger partial charge in [0, 0.05) is 49.1 Å². The van der Waals surface area contributed by atoms with Gasteiger partial charge in [-0.25, -0.2) is 0 Å². The lowest BCUT2D eigenvalue weighted by Crippen LogP contribution is -2.48. The van der Waals surface area contributed by atoms with Crippen LogP contribution in [0, 0.1) is 6.92 Å². The molecule has 0 aliphatic carbocycles. The molecule has 0 amide bonds. The van der Waals surface area contributed by atoms with Crippen molar-refractivity contribution in [3.05, 3.63) is 29.6 Å². The third-order valence-corrected chi connectivity index (χ3v) is 5.24. The number of guanidine groups is 1. The first-order valence-corrected chi connectivity index (χ1v) is 9.34. The fourth-order valence-electron chi connectivity index (χ4n) is 2.52. The molecule has 0 radical (unpaired) electrons. The zero-order chi connectivity index (χ0) is 15.8. The average molecular weight is 448 g/mol. The highest BCUT2D eigenvalue weighted by Crippen LogP contribution is 2.21. The predicted octanol–water partition coefficient (Wildman–Crippen LogP) is 3.34. The van der Waals surface area contributed by atoms with E-state index in [4.69, 9.17) is 4.99 Å². The summed E-state index contributed by atoms with van der Waals surface area (Å²) < 4.78 is 0. The Morgan fingerprint density at radius 1 is 1.43 bits per heavy atom. The van der Waals surface area contributed by atoms with E-state index in [2.05, 4.69) is 52.9 Å². The van der Waals surface area contributed by atoms with Crippen molar-refractivity contribution in [2.45, 2.75) is 38.9 Å². The van der Waals surface area contributed by atoms with Gasteiger partial charge in [0.15, 0.2) is 5.96 Å². The van der Waals surface area contributed by atoms with Gasteiger partial charge in [0.25, 0.3) is 0 Å². The molecule has 0 aromatic carbocycles. The maximum absolute atomic E-state index is 4.82. The molecule has 0 saturated carbocycles. The smallest absolute Gasteiger partial charge is 0.193 e. The van der Waals surface area contributed by atoms with Gasteiger partial charge in [-0.15, -0.1) is 24.0 Å². The Morgan fingerprint density at radius 3 is 2.91 bits per heavy atom. The van der Waals surface area contributed by atoms with Crippen LogP contribution in [0.1, 0.15) is 31.5 Å². The Morgan fingerprint density at radius 2 is 2.26 bits per heavy atom. The Balaban J connectivity index is 0.00000264. The summed E-state index contributed by atoms with van der Waals surface area (Å²) in [5.41, 5.74) is 2.32. The van der Waals surface area contributed by atoms with Gasteiger partial charge in [0.05, 0.1) is 0 Å². The second-order valence-electron chi connectivity index (χ2n) is 5.64. The quantitative estimate of drug-likeness (QED) is 0.426. The highest BCUT2D eigenvalue weighted by Gasteiger charge is 2.21. The molecule has 0 spiro atoms. The monoisotopic (exact) mass is 448 g/mol. The number of nitrogens with zero attached hydrogens (tertiary/aromatic N) is 3. The van der Waals surface area contributed by atoms with Gasteiger partial charge in [0.1, 0.15) is 0 Å². The lowest BCUT2D eigenvalue weighted by Gasteiger charge is -2.34. The summed E-state index contributed by atoms with van der Waals surface area (Å²) in [6.45, 7) is 10.4. The molecule has 1 atom stereocenters. The number of rotatable bonds is 5. The number of pyridine rings is 1. The molecule has 1 aromatic rings. The Hall–Kier alpha value is -0.500. The van der Waals surface area contributed by atoms with Gasteiger partial charge >= 0.3 is 0 Å². The summed E-state index contributed by atoms with van der Waals surface area (Å²) in [7, 11) is 0. The molecule has 2 rings (SSSR count). The normalized spacial score (nSPS) is 18.5. The van der Waals surface area contributed by atoms with Gasteiger partial charge in [-0.05, 0) is 38.3 Å². The van der Waals surface area contributed by atoms with Crippen LogP contribution in [0.4, 0.5) is 0 Å². The van der Waals surface area contributed by atoms with E-state index in [0.29, 0.717) is 0 Å². The second kappa shape index (κ2) is 11.1. The molecule has 6 heteroatoms. The van der Waals surface area contributed by atoms with E-state index in [-0.39, 0.29) is 24.0 Å². The van der Waals surface area contributed by atoms with E-state index in [0.717, 1.165) is 49.5 Å². The molecular formula is C17H29IN4S. The zero-order valence-electron chi connectivity index (χ0n) is 14.4. The standard InChI is InChI=1S/C17H28N4S.HI/c1-4-16-13-21(10-11-22-16)17(18-5-2)19-9-8-15-7-6-14(3)20-12-15;/h6-7,12,16H,4-5,8-11,13H2,1-3H3,(H,18,19);1H. The molecule has 4 nitrogen and oxygen atoms in total. The summed E-state index contributed by atoms with van der Waals surface area (Å²) in [5, 5.41) is 4.18. The van der Waals surface area contributed by atoms with Crippen LogP contribution in [0.15, 0.2) is 23.3 Å². The van der Waals surface area contributed by atoms with Crippen molar-refractivity contribution in [2.75, 3.05) is 31.9 Å².